The number of pyridine rings is 1. The minimum absolute atomic E-state index is 0.0248. The summed E-state index contributed by atoms with van der Waals surface area (Å²) in [5, 5.41) is 3.14. The standard InChI is InChI=1S/C17H26N2O2/c1-12(2)16(17-13(3)6-4-10-18-17)19-15(20)9-8-14-7-5-11-21-14/h4,6,10,12,14,16H,5,7-9,11H2,1-3H3,(H,19,20)/t14-,16-/m1/s1. The third kappa shape index (κ3) is 4.53. The monoisotopic (exact) mass is 290 g/mol. The third-order valence-corrected chi connectivity index (χ3v) is 4.05. The summed E-state index contributed by atoms with van der Waals surface area (Å²) >= 11 is 0. The van der Waals surface area contributed by atoms with E-state index in [2.05, 4.69) is 24.1 Å². The molecule has 1 aliphatic heterocycles. The topological polar surface area (TPSA) is 51.2 Å². The van der Waals surface area contributed by atoms with Gasteiger partial charge >= 0.3 is 0 Å². The number of rotatable bonds is 6. The van der Waals surface area contributed by atoms with Crippen LogP contribution in [0.3, 0.4) is 0 Å². The van der Waals surface area contributed by atoms with Gasteiger partial charge in [0.2, 0.25) is 5.91 Å². The van der Waals surface area contributed by atoms with E-state index in [1.807, 2.05) is 19.1 Å². The number of hydrogen-bond donors (Lipinski definition) is 1. The van der Waals surface area contributed by atoms with Crippen molar-refractivity contribution in [2.24, 2.45) is 5.92 Å². The van der Waals surface area contributed by atoms with Gasteiger partial charge in [-0.25, -0.2) is 0 Å². The lowest BCUT2D eigenvalue weighted by atomic mass is 9.97. The summed E-state index contributed by atoms with van der Waals surface area (Å²) < 4.78 is 5.57. The molecule has 4 nitrogen and oxygen atoms in total. The highest BCUT2D eigenvalue weighted by molar-refractivity contribution is 5.76. The van der Waals surface area contributed by atoms with Crippen molar-refractivity contribution >= 4 is 5.91 Å². The minimum Gasteiger partial charge on any atom is -0.378 e. The van der Waals surface area contributed by atoms with Crippen LogP contribution in [0, 0.1) is 12.8 Å². The summed E-state index contributed by atoms with van der Waals surface area (Å²) in [6, 6.07) is 3.94. The van der Waals surface area contributed by atoms with Gasteiger partial charge in [0.25, 0.3) is 0 Å². The van der Waals surface area contributed by atoms with E-state index in [0.717, 1.165) is 37.1 Å². The van der Waals surface area contributed by atoms with Crippen LogP contribution >= 0.6 is 0 Å². The fraction of sp³-hybridized carbons (Fsp3) is 0.647. The Balaban J connectivity index is 1.93. The highest BCUT2D eigenvalue weighted by Gasteiger charge is 2.22. The van der Waals surface area contributed by atoms with Gasteiger partial charge in [0.15, 0.2) is 0 Å². The third-order valence-electron chi connectivity index (χ3n) is 4.05. The maximum absolute atomic E-state index is 12.2. The Hall–Kier alpha value is -1.42. The molecule has 0 bridgehead atoms. The molecule has 0 aliphatic carbocycles. The molecule has 2 heterocycles. The van der Waals surface area contributed by atoms with Crippen molar-refractivity contribution in [3.05, 3.63) is 29.6 Å². The Morgan fingerprint density at radius 3 is 2.95 bits per heavy atom. The molecule has 1 aromatic heterocycles. The maximum atomic E-state index is 12.2. The van der Waals surface area contributed by atoms with E-state index < -0.39 is 0 Å². The lowest BCUT2D eigenvalue weighted by molar-refractivity contribution is -0.122. The zero-order valence-electron chi connectivity index (χ0n) is 13.3. The fourth-order valence-corrected chi connectivity index (χ4v) is 2.78. The van der Waals surface area contributed by atoms with E-state index in [4.69, 9.17) is 4.74 Å². The van der Waals surface area contributed by atoms with Crippen molar-refractivity contribution in [3.8, 4) is 0 Å². The number of aromatic nitrogens is 1. The second kappa shape index (κ2) is 7.55. The van der Waals surface area contributed by atoms with Crippen LogP contribution in [-0.2, 0) is 9.53 Å². The Kier molecular flexibility index (Phi) is 5.74. The summed E-state index contributed by atoms with van der Waals surface area (Å²) in [6.07, 6.45) is 5.60. The molecule has 1 saturated heterocycles. The molecule has 1 aliphatic rings. The first-order chi connectivity index (χ1) is 10.1. The van der Waals surface area contributed by atoms with Crippen molar-refractivity contribution in [1.29, 1.82) is 0 Å². The zero-order chi connectivity index (χ0) is 15.2. The molecule has 4 heteroatoms. The molecule has 2 rings (SSSR count). The van der Waals surface area contributed by atoms with Gasteiger partial charge in [-0.3, -0.25) is 9.78 Å². The van der Waals surface area contributed by atoms with E-state index in [-0.39, 0.29) is 18.1 Å². The molecule has 0 unspecified atom stereocenters. The summed E-state index contributed by atoms with van der Waals surface area (Å²) in [7, 11) is 0. The highest BCUT2D eigenvalue weighted by atomic mass is 16.5. The molecule has 0 spiro atoms. The first kappa shape index (κ1) is 16.0. The van der Waals surface area contributed by atoms with Crippen LogP contribution in [0.15, 0.2) is 18.3 Å². The van der Waals surface area contributed by atoms with E-state index in [1.54, 1.807) is 6.20 Å². The lowest BCUT2D eigenvalue weighted by Crippen LogP contribution is -2.33. The van der Waals surface area contributed by atoms with Crippen LogP contribution in [0.2, 0.25) is 0 Å². The van der Waals surface area contributed by atoms with Crippen LogP contribution in [0.4, 0.5) is 0 Å². The average Bonchev–Trinajstić information content (AvgIpc) is 2.96. The number of amides is 1. The SMILES string of the molecule is Cc1cccnc1[C@H](NC(=O)CC[C@H]1CCCO1)C(C)C. The van der Waals surface area contributed by atoms with Crippen LogP contribution in [0.1, 0.15) is 56.8 Å². The largest absolute Gasteiger partial charge is 0.378 e. The van der Waals surface area contributed by atoms with Gasteiger partial charge < -0.3 is 10.1 Å². The van der Waals surface area contributed by atoms with Gasteiger partial charge in [0.05, 0.1) is 17.8 Å². The van der Waals surface area contributed by atoms with Crippen LogP contribution < -0.4 is 5.32 Å². The number of nitrogens with zero attached hydrogens (tertiary/aromatic N) is 1. The van der Waals surface area contributed by atoms with Gasteiger partial charge in [-0.1, -0.05) is 19.9 Å². The second-order valence-corrected chi connectivity index (χ2v) is 6.17. The predicted octanol–water partition coefficient (Wildman–Crippen LogP) is 3.16. The summed E-state index contributed by atoms with van der Waals surface area (Å²) in [4.78, 5) is 16.7. The Morgan fingerprint density at radius 2 is 2.33 bits per heavy atom. The molecule has 1 amide bonds. The molecule has 1 fully saturated rings. The van der Waals surface area contributed by atoms with Crippen LogP contribution in [0.25, 0.3) is 0 Å². The molecule has 116 valence electrons. The Morgan fingerprint density at radius 1 is 1.52 bits per heavy atom. The fourth-order valence-electron chi connectivity index (χ4n) is 2.78. The van der Waals surface area contributed by atoms with Crippen molar-refractivity contribution < 1.29 is 9.53 Å². The van der Waals surface area contributed by atoms with Crippen LogP contribution in [0.5, 0.6) is 0 Å². The lowest BCUT2D eigenvalue weighted by Gasteiger charge is -2.23. The molecule has 0 aromatic carbocycles. The normalized spacial score (nSPS) is 19.7. The smallest absolute Gasteiger partial charge is 0.220 e. The van der Waals surface area contributed by atoms with E-state index in [1.165, 1.54) is 0 Å². The maximum Gasteiger partial charge on any atom is 0.220 e. The number of carbonyl (C=O) groups excluding carboxylic acids is 1. The first-order valence-corrected chi connectivity index (χ1v) is 7.90. The second-order valence-electron chi connectivity index (χ2n) is 6.17. The quantitative estimate of drug-likeness (QED) is 0.875. The molecule has 1 N–H and O–H groups in total. The van der Waals surface area contributed by atoms with Crippen molar-refractivity contribution in [2.75, 3.05) is 6.61 Å². The zero-order valence-corrected chi connectivity index (χ0v) is 13.3. The van der Waals surface area contributed by atoms with Crippen molar-refractivity contribution in [3.63, 3.8) is 0 Å². The first-order valence-electron chi connectivity index (χ1n) is 7.90. The summed E-state index contributed by atoms with van der Waals surface area (Å²) in [5.74, 6) is 0.402. The molecule has 0 saturated carbocycles. The summed E-state index contributed by atoms with van der Waals surface area (Å²) in [5.41, 5.74) is 2.09. The van der Waals surface area contributed by atoms with Crippen molar-refractivity contribution in [2.45, 2.75) is 58.6 Å². The summed E-state index contributed by atoms with van der Waals surface area (Å²) in [6.45, 7) is 7.10. The van der Waals surface area contributed by atoms with Gasteiger partial charge in [0, 0.05) is 19.2 Å². The number of hydrogen-bond acceptors (Lipinski definition) is 3. The van der Waals surface area contributed by atoms with E-state index in [0.29, 0.717) is 12.3 Å². The number of ether oxygens (including phenoxy) is 1. The van der Waals surface area contributed by atoms with Crippen molar-refractivity contribution in [1.82, 2.24) is 10.3 Å². The molecule has 21 heavy (non-hydrogen) atoms. The Labute approximate surface area is 127 Å². The molecule has 1 aromatic rings. The predicted molar refractivity (Wildman–Crippen MR) is 82.9 cm³/mol. The molecule has 0 radical (unpaired) electrons. The molecular formula is C17H26N2O2. The minimum atomic E-state index is -0.0248. The molecular weight excluding hydrogens is 264 g/mol. The molecule has 2 atom stereocenters. The number of aryl methyl sites for hydroxylation is 1. The van der Waals surface area contributed by atoms with Gasteiger partial charge in [-0.2, -0.15) is 0 Å². The number of nitrogens with one attached hydrogen (secondary N) is 1. The van der Waals surface area contributed by atoms with Gasteiger partial charge in [-0.15, -0.1) is 0 Å². The highest BCUT2D eigenvalue weighted by Crippen LogP contribution is 2.23. The van der Waals surface area contributed by atoms with Crippen LogP contribution in [-0.4, -0.2) is 23.6 Å². The van der Waals surface area contributed by atoms with Gasteiger partial charge in [0.1, 0.15) is 0 Å². The Bertz CT molecular complexity index is 468. The van der Waals surface area contributed by atoms with Gasteiger partial charge in [-0.05, 0) is 43.7 Å². The number of carbonyl (C=O) groups is 1. The average molecular weight is 290 g/mol. The van der Waals surface area contributed by atoms with E-state index in [9.17, 15) is 4.79 Å². The van der Waals surface area contributed by atoms with E-state index >= 15 is 0 Å².